The van der Waals surface area contributed by atoms with E-state index in [1.807, 2.05) is 12.1 Å². The Morgan fingerprint density at radius 3 is 1.85 bits per heavy atom. The van der Waals surface area contributed by atoms with Crippen LogP contribution in [0, 0.1) is 0 Å². The average molecular weight is 398 g/mol. The molecule has 0 saturated heterocycles. The van der Waals surface area contributed by atoms with Gasteiger partial charge in [-0.3, -0.25) is 0 Å². The lowest BCUT2D eigenvalue weighted by molar-refractivity contribution is -0.0498. The Hall–Kier alpha value is -2.03. The van der Waals surface area contributed by atoms with Crippen LogP contribution in [0.2, 0.25) is 0 Å². The first kappa shape index (κ1) is 21.3. The van der Waals surface area contributed by atoms with E-state index in [-0.39, 0.29) is 17.5 Å². The summed E-state index contributed by atoms with van der Waals surface area (Å²) in [6.45, 7) is 1.92. The van der Waals surface area contributed by atoms with Crippen LogP contribution in [-0.2, 0) is 28.9 Å². The van der Waals surface area contributed by atoms with Crippen molar-refractivity contribution in [3.05, 3.63) is 65.2 Å². The van der Waals surface area contributed by atoms with Gasteiger partial charge in [0, 0.05) is 19.1 Å². The molecule has 0 aliphatic heterocycles. The molecular weight excluding hydrogens is 374 g/mol. The number of nitrogens with one attached hydrogen (secondary N) is 2. The zero-order chi connectivity index (χ0) is 19.9. The number of sulfonamides is 1. The molecule has 0 amide bonds. The fourth-order valence-electron chi connectivity index (χ4n) is 2.51. The van der Waals surface area contributed by atoms with Gasteiger partial charge in [-0.2, -0.15) is 8.78 Å². The van der Waals surface area contributed by atoms with E-state index in [1.165, 1.54) is 12.1 Å². The van der Waals surface area contributed by atoms with Crippen LogP contribution in [-0.4, -0.2) is 21.1 Å². The molecule has 0 aromatic heterocycles. The molecule has 0 fully saturated rings. The molecule has 2 aromatic rings. The number of benzene rings is 2. The molecule has 0 aliphatic rings. The normalized spacial score (nSPS) is 11.9. The van der Waals surface area contributed by atoms with Crippen molar-refractivity contribution in [3.8, 4) is 5.75 Å². The largest absolute Gasteiger partial charge is 0.435 e. The number of ether oxygens (including phenoxy) is 1. The smallest absolute Gasteiger partial charge is 0.387 e. The van der Waals surface area contributed by atoms with Crippen molar-refractivity contribution in [2.75, 3.05) is 0 Å². The van der Waals surface area contributed by atoms with Gasteiger partial charge in [0.2, 0.25) is 10.0 Å². The molecule has 0 bridgehead atoms. The Morgan fingerprint density at radius 2 is 1.37 bits per heavy atom. The first-order valence-electron chi connectivity index (χ1n) is 8.56. The summed E-state index contributed by atoms with van der Waals surface area (Å²) in [7, 11) is -3.33. The van der Waals surface area contributed by atoms with Crippen LogP contribution < -0.4 is 14.8 Å². The molecule has 0 unspecified atom stereocenters. The van der Waals surface area contributed by atoms with Crippen LogP contribution in [0.25, 0.3) is 0 Å². The molecule has 2 N–H and O–H groups in total. The van der Waals surface area contributed by atoms with E-state index >= 15 is 0 Å². The van der Waals surface area contributed by atoms with Crippen molar-refractivity contribution in [2.45, 2.75) is 45.3 Å². The second kappa shape index (κ2) is 9.77. The van der Waals surface area contributed by atoms with Crippen molar-refractivity contribution < 1.29 is 21.9 Å². The van der Waals surface area contributed by atoms with Crippen LogP contribution in [0.1, 0.15) is 30.5 Å². The second-order valence-electron chi connectivity index (χ2n) is 6.47. The fraction of sp³-hybridized carbons (Fsp3) is 0.368. The van der Waals surface area contributed by atoms with Crippen LogP contribution in [0.4, 0.5) is 8.78 Å². The molecule has 5 nitrogen and oxygen atoms in total. The molecule has 148 valence electrons. The highest BCUT2D eigenvalue weighted by Crippen LogP contribution is 2.15. The highest BCUT2D eigenvalue weighted by Gasteiger charge is 2.12. The number of alkyl halides is 2. The van der Waals surface area contributed by atoms with Crippen LogP contribution in [0.3, 0.4) is 0 Å². The predicted molar refractivity (Wildman–Crippen MR) is 101 cm³/mol. The molecule has 0 radical (unpaired) electrons. The quantitative estimate of drug-likeness (QED) is 0.644. The maximum atomic E-state index is 12.1. The van der Waals surface area contributed by atoms with Gasteiger partial charge in [-0.05, 0) is 42.7 Å². The Balaban J connectivity index is 1.81. The Morgan fingerprint density at radius 1 is 0.889 bits per heavy atom. The van der Waals surface area contributed by atoms with E-state index in [4.69, 9.17) is 0 Å². The zero-order valence-electron chi connectivity index (χ0n) is 15.3. The summed E-state index contributed by atoms with van der Waals surface area (Å²) in [4.78, 5) is 0. The van der Waals surface area contributed by atoms with Gasteiger partial charge in [0.1, 0.15) is 5.75 Å². The van der Waals surface area contributed by atoms with E-state index in [0.29, 0.717) is 13.1 Å². The maximum absolute atomic E-state index is 12.1. The topological polar surface area (TPSA) is 67.4 Å². The number of rotatable bonds is 10. The van der Waals surface area contributed by atoms with E-state index in [0.717, 1.165) is 16.7 Å². The molecular formula is C19H24F2N2O3S. The van der Waals surface area contributed by atoms with E-state index in [1.54, 1.807) is 38.1 Å². The molecule has 2 rings (SSSR count). The fourth-order valence-corrected chi connectivity index (χ4v) is 3.95. The average Bonchev–Trinajstić information content (AvgIpc) is 2.56. The maximum Gasteiger partial charge on any atom is 0.387 e. The summed E-state index contributed by atoms with van der Waals surface area (Å²) in [5.74, 6) is 0.0811. The summed E-state index contributed by atoms with van der Waals surface area (Å²) < 4.78 is 55.0. The van der Waals surface area contributed by atoms with Crippen LogP contribution in [0.5, 0.6) is 5.75 Å². The Kier molecular flexibility index (Phi) is 7.70. The summed E-state index contributed by atoms with van der Waals surface area (Å²) in [6, 6.07) is 13.7. The van der Waals surface area contributed by atoms with Gasteiger partial charge in [-0.1, -0.05) is 36.4 Å². The van der Waals surface area contributed by atoms with Gasteiger partial charge in [-0.25, -0.2) is 13.1 Å². The second-order valence-corrected chi connectivity index (χ2v) is 8.23. The monoisotopic (exact) mass is 398 g/mol. The van der Waals surface area contributed by atoms with Gasteiger partial charge < -0.3 is 10.1 Å². The standard InChI is InChI=1S/C19H24F2N2O3S/c1-14(2)23-27(24,25)13-17-5-3-15(4-6-17)11-22-12-16-7-9-18(10-8-16)26-19(20)21/h3-10,14,19,22-23H,11-13H2,1-2H3. The minimum atomic E-state index is -3.33. The van der Waals surface area contributed by atoms with Crippen molar-refractivity contribution in [1.29, 1.82) is 0 Å². The third kappa shape index (κ3) is 8.03. The molecule has 0 saturated carbocycles. The first-order valence-corrected chi connectivity index (χ1v) is 10.2. The molecule has 2 aromatic carbocycles. The Labute approximate surface area is 158 Å². The molecule has 0 aliphatic carbocycles. The van der Waals surface area contributed by atoms with Crippen molar-refractivity contribution in [3.63, 3.8) is 0 Å². The molecule has 0 atom stereocenters. The van der Waals surface area contributed by atoms with Crippen molar-refractivity contribution in [2.24, 2.45) is 0 Å². The van der Waals surface area contributed by atoms with E-state index in [2.05, 4.69) is 14.8 Å². The highest BCUT2D eigenvalue weighted by atomic mass is 32.2. The van der Waals surface area contributed by atoms with E-state index < -0.39 is 16.6 Å². The number of hydrogen-bond acceptors (Lipinski definition) is 4. The third-order valence-corrected chi connectivity index (χ3v) is 5.15. The molecule has 0 heterocycles. The first-order chi connectivity index (χ1) is 12.7. The van der Waals surface area contributed by atoms with Crippen LogP contribution in [0.15, 0.2) is 48.5 Å². The van der Waals surface area contributed by atoms with E-state index in [9.17, 15) is 17.2 Å². The minimum absolute atomic E-state index is 0.0497. The van der Waals surface area contributed by atoms with Gasteiger partial charge in [0.25, 0.3) is 0 Å². The lowest BCUT2D eigenvalue weighted by Crippen LogP contribution is -2.31. The third-order valence-electron chi connectivity index (χ3n) is 3.60. The number of hydrogen-bond donors (Lipinski definition) is 2. The molecule has 0 spiro atoms. The van der Waals surface area contributed by atoms with Gasteiger partial charge in [0.15, 0.2) is 0 Å². The summed E-state index contributed by atoms with van der Waals surface area (Å²) in [5.41, 5.74) is 2.69. The highest BCUT2D eigenvalue weighted by molar-refractivity contribution is 7.88. The van der Waals surface area contributed by atoms with Gasteiger partial charge >= 0.3 is 6.61 Å². The lowest BCUT2D eigenvalue weighted by atomic mass is 10.1. The van der Waals surface area contributed by atoms with Crippen LogP contribution >= 0.6 is 0 Å². The van der Waals surface area contributed by atoms with Gasteiger partial charge in [0.05, 0.1) is 5.75 Å². The minimum Gasteiger partial charge on any atom is -0.435 e. The predicted octanol–water partition coefficient (Wildman–Crippen LogP) is 3.41. The molecule has 8 heteroatoms. The summed E-state index contributed by atoms with van der Waals surface area (Å²) >= 11 is 0. The summed E-state index contributed by atoms with van der Waals surface area (Å²) in [6.07, 6.45) is 0. The van der Waals surface area contributed by atoms with Crippen molar-refractivity contribution in [1.82, 2.24) is 10.0 Å². The van der Waals surface area contributed by atoms with Gasteiger partial charge in [-0.15, -0.1) is 0 Å². The molecule has 27 heavy (non-hydrogen) atoms. The van der Waals surface area contributed by atoms with Crippen molar-refractivity contribution >= 4 is 10.0 Å². The lowest BCUT2D eigenvalue weighted by Gasteiger charge is -2.10. The number of halogens is 2. The summed E-state index contributed by atoms with van der Waals surface area (Å²) in [5, 5.41) is 3.25. The zero-order valence-corrected chi connectivity index (χ0v) is 16.1. The Bertz CT molecular complexity index is 808. The SMILES string of the molecule is CC(C)NS(=O)(=O)Cc1ccc(CNCc2ccc(OC(F)F)cc2)cc1.